The number of alkyl halides is 6. The van der Waals surface area contributed by atoms with Gasteiger partial charge in [0.25, 0.3) is 0 Å². The number of hydrogen-bond donors (Lipinski definition) is 0. The Balaban J connectivity index is 2.57. The first-order chi connectivity index (χ1) is 10.7. The van der Waals surface area contributed by atoms with Crippen molar-refractivity contribution in [3.8, 4) is 0 Å². The predicted octanol–water partition coefficient (Wildman–Crippen LogP) is 4.03. The molecule has 0 N–H and O–H groups in total. The van der Waals surface area contributed by atoms with E-state index in [1.807, 2.05) is 0 Å². The summed E-state index contributed by atoms with van der Waals surface area (Å²) in [5, 5.41) is 0.696. The molecule has 1 nitrogen and oxygen atoms in total. The van der Waals surface area contributed by atoms with Crippen molar-refractivity contribution in [1.29, 1.82) is 0 Å². The summed E-state index contributed by atoms with van der Waals surface area (Å²) >= 11 is 0.562. The van der Waals surface area contributed by atoms with E-state index in [1.54, 1.807) is 0 Å². The maximum Gasteiger partial charge on any atom is 0.418 e. The minimum atomic E-state index is -4.64. The largest absolute Gasteiger partial charge is 0.418 e. The lowest BCUT2D eigenvalue weighted by Gasteiger charge is -2.08. The van der Waals surface area contributed by atoms with E-state index in [2.05, 4.69) is 4.40 Å². The second kappa shape index (κ2) is 5.30. The molecule has 1 heterocycles. The van der Waals surface area contributed by atoms with Crippen molar-refractivity contribution in [3.05, 3.63) is 68.5 Å². The van der Waals surface area contributed by atoms with Gasteiger partial charge in [0.1, 0.15) is 0 Å². The average Bonchev–Trinajstić information content (AvgIpc) is 2.63. The Morgan fingerprint density at radius 1 is 0.739 bits per heavy atom. The zero-order valence-electron chi connectivity index (χ0n) is 11.2. The third-order valence-corrected chi connectivity index (χ3v) is 3.99. The summed E-state index contributed by atoms with van der Waals surface area (Å²) in [6.07, 6.45) is -9.24. The number of benzene rings is 2. The normalized spacial score (nSPS) is 14.2. The van der Waals surface area contributed by atoms with Crippen LogP contribution in [0.2, 0.25) is 0 Å². The van der Waals surface area contributed by atoms with Crippen LogP contribution >= 0.6 is 11.9 Å². The smallest absolute Gasteiger partial charge is 0.211 e. The first-order valence-corrected chi connectivity index (χ1v) is 7.14. The summed E-state index contributed by atoms with van der Waals surface area (Å²) < 4.78 is 82.4. The maximum absolute atomic E-state index is 13.1. The van der Waals surface area contributed by atoms with Gasteiger partial charge in [-0.3, -0.25) is 0 Å². The molecular formula is C15H7F6NS. The van der Waals surface area contributed by atoms with Gasteiger partial charge in [-0.2, -0.15) is 26.3 Å². The Kier molecular flexibility index (Phi) is 3.66. The fourth-order valence-electron chi connectivity index (χ4n) is 2.39. The summed E-state index contributed by atoms with van der Waals surface area (Å²) in [7, 11) is 0. The highest BCUT2D eigenvalue weighted by Gasteiger charge is 2.34. The van der Waals surface area contributed by atoms with E-state index in [0.29, 0.717) is 11.9 Å². The summed E-state index contributed by atoms with van der Waals surface area (Å²) in [5.74, 6) is 0. The van der Waals surface area contributed by atoms with Crippen molar-refractivity contribution in [3.63, 3.8) is 0 Å². The summed E-state index contributed by atoms with van der Waals surface area (Å²) in [5.41, 5.74) is -1.87. The lowest BCUT2D eigenvalue weighted by Crippen LogP contribution is -2.23. The molecule has 0 fully saturated rings. The Hall–Kier alpha value is -1.96. The molecule has 120 valence electrons. The van der Waals surface area contributed by atoms with Gasteiger partial charge >= 0.3 is 12.4 Å². The number of rotatable bonds is 0. The maximum atomic E-state index is 13.1. The van der Waals surface area contributed by atoms with Crippen LogP contribution in [0.4, 0.5) is 26.3 Å². The molecule has 0 spiro atoms. The molecule has 2 aromatic carbocycles. The SMILES string of the molecule is FC(F)(F)c1cccc2c1=CSN=c1c(C(F)(F)F)cccc1=2. The van der Waals surface area contributed by atoms with E-state index in [4.69, 9.17) is 0 Å². The Bertz CT molecular complexity index is 895. The van der Waals surface area contributed by atoms with Crippen molar-refractivity contribution in [2.45, 2.75) is 12.4 Å². The topological polar surface area (TPSA) is 12.4 Å². The van der Waals surface area contributed by atoms with Crippen LogP contribution in [-0.2, 0) is 12.4 Å². The van der Waals surface area contributed by atoms with E-state index >= 15 is 0 Å². The highest BCUT2D eigenvalue weighted by atomic mass is 32.2. The van der Waals surface area contributed by atoms with Crippen LogP contribution in [0.15, 0.2) is 40.8 Å². The van der Waals surface area contributed by atoms with Crippen LogP contribution in [0.3, 0.4) is 0 Å². The molecule has 0 aromatic heterocycles. The molecule has 0 aliphatic carbocycles. The van der Waals surface area contributed by atoms with Gasteiger partial charge in [0.2, 0.25) is 0 Å². The Labute approximate surface area is 129 Å². The monoisotopic (exact) mass is 347 g/mol. The standard InChI is InChI=1S/C15H7F6NS/c16-14(17,18)11-5-1-3-8-9-4-2-6-12(15(19,20)21)13(9)22-23-7-10(8)11/h1-7H. The molecule has 8 heteroatoms. The van der Waals surface area contributed by atoms with Crippen LogP contribution in [0.5, 0.6) is 0 Å². The van der Waals surface area contributed by atoms with Gasteiger partial charge in [0.05, 0.1) is 16.5 Å². The van der Waals surface area contributed by atoms with Crippen molar-refractivity contribution < 1.29 is 26.3 Å². The van der Waals surface area contributed by atoms with Gasteiger partial charge in [0, 0.05) is 27.8 Å². The van der Waals surface area contributed by atoms with Gasteiger partial charge in [-0.05, 0) is 17.4 Å². The fraction of sp³-hybridized carbons (Fsp3) is 0.133. The molecule has 0 bridgehead atoms. The minimum absolute atomic E-state index is 0.0298. The van der Waals surface area contributed by atoms with Gasteiger partial charge in [-0.1, -0.05) is 24.3 Å². The second-order valence-electron chi connectivity index (χ2n) is 4.78. The molecule has 2 aromatic rings. The highest BCUT2D eigenvalue weighted by Crippen LogP contribution is 2.29. The predicted molar refractivity (Wildman–Crippen MR) is 73.4 cm³/mol. The average molecular weight is 347 g/mol. The van der Waals surface area contributed by atoms with Crippen molar-refractivity contribution in [2.75, 3.05) is 0 Å². The van der Waals surface area contributed by atoms with E-state index < -0.39 is 23.5 Å². The lowest BCUT2D eigenvalue weighted by molar-refractivity contribution is -0.139. The molecule has 3 rings (SSSR count). The first-order valence-electron chi connectivity index (χ1n) is 6.30. The van der Waals surface area contributed by atoms with E-state index in [-0.39, 0.29) is 21.0 Å². The van der Waals surface area contributed by atoms with Crippen molar-refractivity contribution in [1.82, 2.24) is 0 Å². The Morgan fingerprint density at radius 3 is 1.91 bits per heavy atom. The number of fused-ring (bicyclic) bond motifs is 2. The van der Waals surface area contributed by atoms with Gasteiger partial charge in [-0.25, -0.2) is 4.40 Å². The van der Waals surface area contributed by atoms with Gasteiger partial charge in [-0.15, -0.1) is 0 Å². The molecule has 1 aliphatic heterocycles. The number of nitrogens with zero attached hydrogens (tertiary/aromatic N) is 1. The molecule has 0 amide bonds. The third-order valence-electron chi connectivity index (χ3n) is 3.36. The second-order valence-corrected chi connectivity index (χ2v) is 5.41. The van der Waals surface area contributed by atoms with Gasteiger partial charge < -0.3 is 0 Å². The molecule has 23 heavy (non-hydrogen) atoms. The van der Waals surface area contributed by atoms with Crippen LogP contribution in [0.25, 0.3) is 5.41 Å². The highest BCUT2D eigenvalue weighted by molar-refractivity contribution is 8.05. The van der Waals surface area contributed by atoms with Crippen LogP contribution in [0, 0.1) is 10.4 Å². The van der Waals surface area contributed by atoms with Crippen LogP contribution < -0.4 is 10.6 Å². The van der Waals surface area contributed by atoms with Crippen LogP contribution in [-0.4, -0.2) is 0 Å². The number of hydrogen-bond acceptors (Lipinski definition) is 2. The fourth-order valence-corrected chi connectivity index (χ4v) is 3.11. The van der Waals surface area contributed by atoms with Crippen molar-refractivity contribution >= 4 is 17.4 Å². The zero-order chi connectivity index (χ0) is 16.8. The van der Waals surface area contributed by atoms with E-state index in [9.17, 15) is 26.3 Å². The molecule has 0 saturated carbocycles. The summed E-state index contributed by atoms with van der Waals surface area (Å²) in [6, 6.07) is 6.80. The minimum Gasteiger partial charge on any atom is -0.211 e. The molecule has 0 saturated heterocycles. The lowest BCUT2D eigenvalue weighted by atomic mass is 10.1. The summed E-state index contributed by atoms with van der Waals surface area (Å²) in [4.78, 5) is 0. The van der Waals surface area contributed by atoms with E-state index in [0.717, 1.165) is 23.6 Å². The molecule has 0 atom stereocenters. The van der Waals surface area contributed by atoms with Crippen LogP contribution in [0.1, 0.15) is 11.1 Å². The quantitative estimate of drug-likeness (QED) is 0.518. The third kappa shape index (κ3) is 2.83. The van der Waals surface area contributed by atoms with Crippen molar-refractivity contribution in [2.24, 2.45) is 4.40 Å². The molecule has 0 unspecified atom stereocenters. The van der Waals surface area contributed by atoms with E-state index in [1.165, 1.54) is 18.2 Å². The molecular weight excluding hydrogens is 340 g/mol. The van der Waals surface area contributed by atoms with Gasteiger partial charge in [0.15, 0.2) is 0 Å². The molecule has 0 radical (unpaired) electrons. The number of halogens is 6. The Morgan fingerprint density at radius 2 is 1.30 bits per heavy atom. The first kappa shape index (κ1) is 15.9. The summed E-state index contributed by atoms with van der Waals surface area (Å²) in [6.45, 7) is 0. The zero-order valence-corrected chi connectivity index (χ0v) is 12.0. The molecule has 1 aliphatic rings.